The maximum Gasteiger partial charge on any atom is 0.251 e. The van der Waals surface area contributed by atoms with E-state index in [-0.39, 0.29) is 22.5 Å². The van der Waals surface area contributed by atoms with E-state index in [0.717, 1.165) is 67.8 Å². The molecule has 9 heteroatoms. The van der Waals surface area contributed by atoms with E-state index in [0.29, 0.717) is 11.7 Å². The van der Waals surface area contributed by atoms with Crippen molar-refractivity contribution in [3.05, 3.63) is 63.9 Å². The minimum absolute atomic E-state index is 0.0185. The Morgan fingerprint density at radius 1 is 1.19 bits per heavy atom. The van der Waals surface area contributed by atoms with Crippen LogP contribution in [-0.4, -0.2) is 44.0 Å². The number of nitrogens with zero attached hydrogens (tertiary/aromatic N) is 1. The standard InChI is InChI=1S/C24H28ClFN2O2.C3H6O2S/c1-24(2,16-5-3-6-17(25)11-16)28-10-4-7-18(14-28)30-22-13-21(26)20(23(27)29)12-19(22)15-8-9-15;4-6(5)3-1-2-3/h3,5-6,11-13,15,18H,4,7-10,14H2,1-2H3,(H2,27,29);3H,1-2H2,(H,4,5)/p-1/t18-;/m1./s1. The van der Waals surface area contributed by atoms with E-state index in [9.17, 15) is 17.9 Å². The molecule has 0 spiro atoms. The zero-order valence-electron chi connectivity index (χ0n) is 20.7. The summed E-state index contributed by atoms with van der Waals surface area (Å²) in [4.78, 5) is 14.0. The average Bonchev–Trinajstić information content (AvgIpc) is 3.73. The molecular weight excluding hydrogens is 503 g/mol. The van der Waals surface area contributed by atoms with E-state index in [1.54, 1.807) is 6.07 Å². The Balaban J connectivity index is 0.000000445. The lowest BCUT2D eigenvalue weighted by atomic mass is 9.89. The van der Waals surface area contributed by atoms with Crippen molar-refractivity contribution in [1.29, 1.82) is 0 Å². The molecule has 0 bridgehead atoms. The lowest BCUT2D eigenvalue weighted by molar-refractivity contribution is 0.0243. The van der Waals surface area contributed by atoms with Gasteiger partial charge in [0.1, 0.15) is 17.7 Å². The second-order valence-electron chi connectivity index (χ2n) is 10.4. The predicted octanol–water partition coefficient (Wildman–Crippen LogP) is 5.26. The summed E-state index contributed by atoms with van der Waals surface area (Å²) in [5.41, 5.74) is 7.13. The van der Waals surface area contributed by atoms with Gasteiger partial charge in [-0.2, -0.15) is 0 Å². The van der Waals surface area contributed by atoms with Gasteiger partial charge in [0.2, 0.25) is 0 Å². The maximum atomic E-state index is 14.4. The fourth-order valence-corrected chi connectivity index (χ4v) is 5.32. The molecule has 0 aromatic heterocycles. The van der Waals surface area contributed by atoms with Gasteiger partial charge in [0.15, 0.2) is 0 Å². The maximum absolute atomic E-state index is 14.4. The van der Waals surface area contributed by atoms with Crippen LogP contribution >= 0.6 is 11.6 Å². The molecule has 2 aromatic rings. The van der Waals surface area contributed by atoms with Crippen molar-refractivity contribution in [1.82, 2.24) is 4.90 Å². The van der Waals surface area contributed by atoms with E-state index in [1.165, 1.54) is 6.07 Å². The molecule has 1 aliphatic heterocycles. The van der Waals surface area contributed by atoms with Crippen LogP contribution in [0.4, 0.5) is 4.39 Å². The number of likely N-dealkylation sites (tertiary alicyclic amines) is 1. The van der Waals surface area contributed by atoms with E-state index >= 15 is 0 Å². The summed E-state index contributed by atoms with van der Waals surface area (Å²) in [5.74, 6) is -0.490. The molecule has 2 atom stereocenters. The Bertz CT molecular complexity index is 1140. The summed E-state index contributed by atoms with van der Waals surface area (Å²) in [5, 5.41) is 0.745. The summed E-state index contributed by atoms with van der Waals surface area (Å²) in [6.45, 7) is 6.09. The van der Waals surface area contributed by atoms with Crippen molar-refractivity contribution in [2.75, 3.05) is 13.1 Å². The molecule has 1 saturated heterocycles. The van der Waals surface area contributed by atoms with Crippen molar-refractivity contribution >= 4 is 28.6 Å². The summed E-state index contributed by atoms with van der Waals surface area (Å²) >= 11 is 4.46. The zero-order valence-corrected chi connectivity index (χ0v) is 22.2. The van der Waals surface area contributed by atoms with Crippen molar-refractivity contribution in [3.8, 4) is 5.75 Å². The predicted molar refractivity (Wildman–Crippen MR) is 139 cm³/mol. The number of halogens is 2. The van der Waals surface area contributed by atoms with Gasteiger partial charge in [0, 0.05) is 28.4 Å². The van der Waals surface area contributed by atoms with Crippen LogP contribution < -0.4 is 10.5 Å². The van der Waals surface area contributed by atoms with Gasteiger partial charge in [-0.25, -0.2) is 4.39 Å². The number of hydrogen-bond acceptors (Lipinski definition) is 5. The monoisotopic (exact) mass is 535 g/mol. The van der Waals surface area contributed by atoms with Crippen molar-refractivity contribution in [2.24, 2.45) is 5.73 Å². The summed E-state index contributed by atoms with van der Waals surface area (Å²) in [6.07, 6.45) is 5.68. The van der Waals surface area contributed by atoms with Gasteiger partial charge in [-0.1, -0.05) is 34.8 Å². The number of carbonyl (C=O) groups is 1. The molecule has 1 heterocycles. The van der Waals surface area contributed by atoms with Gasteiger partial charge in [-0.3, -0.25) is 13.9 Å². The van der Waals surface area contributed by atoms with E-state index < -0.39 is 22.8 Å². The number of primary amides is 1. The first kappa shape index (κ1) is 27.0. The molecule has 1 amide bonds. The molecule has 1 unspecified atom stereocenters. The normalized spacial score (nSPS) is 21.3. The number of piperidine rings is 1. The molecule has 196 valence electrons. The minimum atomic E-state index is -1.76. The molecule has 5 rings (SSSR count). The molecule has 3 aliphatic rings. The van der Waals surface area contributed by atoms with Gasteiger partial charge >= 0.3 is 0 Å². The largest absolute Gasteiger partial charge is 0.772 e. The third-order valence-electron chi connectivity index (χ3n) is 7.17. The van der Waals surface area contributed by atoms with Crippen LogP contribution in [0.5, 0.6) is 5.75 Å². The number of rotatable bonds is 7. The number of benzene rings is 2. The van der Waals surface area contributed by atoms with Gasteiger partial charge in [0.25, 0.3) is 5.91 Å². The molecule has 2 N–H and O–H groups in total. The molecule has 0 radical (unpaired) electrons. The Kier molecular flexibility index (Phi) is 8.39. The first-order valence-electron chi connectivity index (χ1n) is 12.4. The second-order valence-corrected chi connectivity index (χ2v) is 12.0. The number of nitrogens with two attached hydrogens (primary N) is 1. The van der Waals surface area contributed by atoms with E-state index in [2.05, 4.69) is 24.8 Å². The number of hydrogen-bond donors (Lipinski definition) is 1. The van der Waals surface area contributed by atoms with Crippen LogP contribution in [0, 0.1) is 5.82 Å². The van der Waals surface area contributed by atoms with Gasteiger partial charge in [-0.05, 0) is 94.2 Å². The van der Waals surface area contributed by atoms with E-state index in [4.69, 9.17) is 22.1 Å². The lowest BCUT2D eigenvalue weighted by Crippen LogP contribution is -2.50. The highest BCUT2D eigenvalue weighted by Crippen LogP contribution is 2.45. The summed E-state index contributed by atoms with van der Waals surface area (Å²) in [7, 11) is 0. The van der Waals surface area contributed by atoms with Crippen LogP contribution in [0.15, 0.2) is 36.4 Å². The Labute approximate surface area is 219 Å². The van der Waals surface area contributed by atoms with Crippen LogP contribution in [0.2, 0.25) is 5.02 Å². The smallest absolute Gasteiger partial charge is 0.251 e. The average molecular weight is 536 g/mol. The molecule has 6 nitrogen and oxygen atoms in total. The number of carbonyl (C=O) groups excluding carboxylic acids is 1. The third-order valence-corrected chi connectivity index (χ3v) is 8.42. The lowest BCUT2D eigenvalue weighted by Gasteiger charge is -2.44. The van der Waals surface area contributed by atoms with Gasteiger partial charge in [0.05, 0.1) is 5.56 Å². The topological polar surface area (TPSA) is 95.7 Å². The van der Waals surface area contributed by atoms with Crippen LogP contribution in [0.3, 0.4) is 0 Å². The fraction of sp³-hybridized carbons (Fsp3) is 0.519. The number of amides is 1. The summed E-state index contributed by atoms with van der Waals surface area (Å²) in [6, 6.07) is 10.9. The summed E-state index contributed by atoms with van der Waals surface area (Å²) < 4.78 is 40.3. The minimum Gasteiger partial charge on any atom is -0.772 e. The van der Waals surface area contributed by atoms with Crippen LogP contribution in [0.25, 0.3) is 0 Å². The molecule has 36 heavy (non-hydrogen) atoms. The molecule has 2 aliphatic carbocycles. The van der Waals surface area contributed by atoms with Gasteiger partial charge in [-0.15, -0.1) is 0 Å². The Hall–Kier alpha value is -2.00. The molecule has 2 aromatic carbocycles. The van der Waals surface area contributed by atoms with Crippen molar-refractivity contribution in [3.63, 3.8) is 0 Å². The number of ether oxygens (including phenoxy) is 1. The molecular formula is C27H33ClFN2O4S-. The van der Waals surface area contributed by atoms with Crippen LogP contribution in [-0.2, 0) is 16.6 Å². The van der Waals surface area contributed by atoms with Crippen molar-refractivity contribution < 1.29 is 22.7 Å². The van der Waals surface area contributed by atoms with Crippen molar-refractivity contribution in [2.45, 2.75) is 75.2 Å². The second kappa shape index (κ2) is 11.2. The highest BCUT2D eigenvalue weighted by atomic mass is 35.5. The zero-order chi connectivity index (χ0) is 26.0. The van der Waals surface area contributed by atoms with Gasteiger partial charge < -0.3 is 15.0 Å². The SMILES string of the molecule is CC(C)(c1cccc(Cl)c1)N1CCC[C@@H](Oc2cc(F)c(C(N)=O)cc2C2CC2)C1.O=S([O-])C1CC1. The highest BCUT2D eigenvalue weighted by molar-refractivity contribution is 7.80. The Morgan fingerprint density at radius 2 is 1.92 bits per heavy atom. The Morgan fingerprint density at radius 3 is 2.47 bits per heavy atom. The van der Waals surface area contributed by atoms with Crippen LogP contribution in [0.1, 0.15) is 79.8 Å². The fourth-order valence-electron chi connectivity index (χ4n) is 4.61. The molecule has 3 fully saturated rings. The van der Waals surface area contributed by atoms with E-state index in [1.807, 2.05) is 18.2 Å². The first-order chi connectivity index (χ1) is 17.1. The molecule has 2 saturated carbocycles. The highest BCUT2D eigenvalue weighted by Gasteiger charge is 2.35. The quantitative estimate of drug-likeness (QED) is 0.488. The third kappa shape index (κ3) is 6.65. The first-order valence-corrected chi connectivity index (χ1v) is 14.0.